The summed E-state index contributed by atoms with van der Waals surface area (Å²) in [4.78, 5) is 10.2. The number of benzene rings is 3. The number of nitrogens with zero attached hydrogens (tertiary/aromatic N) is 2. The first-order valence-corrected chi connectivity index (χ1v) is 8.78. The lowest BCUT2D eigenvalue weighted by atomic mass is 10.1. The highest BCUT2D eigenvalue weighted by atomic mass is 35.5. The molecule has 0 radical (unpaired) electrons. The van der Waals surface area contributed by atoms with Crippen molar-refractivity contribution in [1.82, 2.24) is 0 Å². The van der Waals surface area contributed by atoms with Crippen molar-refractivity contribution in [1.29, 1.82) is 0 Å². The van der Waals surface area contributed by atoms with Crippen LogP contribution < -0.4 is 10.2 Å². The predicted octanol–water partition coefficient (Wildman–Crippen LogP) is 6.51. The molecule has 0 spiro atoms. The standard InChI is InChI=1S/C20H13ClF3N3O3/c21-15-5-7-16(8-6-15)30-17-3-1-2-13(10-17)12-25-26-18-9-4-14(20(22,23)24)11-19(18)27(28)29/h1-12,26H/b25-12+. The predicted molar refractivity (Wildman–Crippen MR) is 107 cm³/mol. The van der Waals surface area contributed by atoms with Crippen LogP contribution in [0.2, 0.25) is 5.02 Å². The van der Waals surface area contributed by atoms with Gasteiger partial charge in [0, 0.05) is 11.1 Å². The molecule has 1 N–H and O–H groups in total. The second-order valence-electron chi connectivity index (χ2n) is 5.99. The molecule has 10 heteroatoms. The highest BCUT2D eigenvalue weighted by molar-refractivity contribution is 6.30. The third kappa shape index (κ3) is 5.48. The highest BCUT2D eigenvalue weighted by Crippen LogP contribution is 2.35. The Morgan fingerprint density at radius 3 is 2.43 bits per heavy atom. The average Bonchev–Trinajstić information content (AvgIpc) is 2.69. The van der Waals surface area contributed by atoms with Crippen molar-refractivity contribution in [2.75, 3.05) is 5.43 Å². The fourth-order valence-electron chi connectivity index (χ4n) is 2.43. The fourth-order valence-corrected chi connectivity index (χ4v) is 2.55. The summed E-state index contributed by atoms with van der Waals surface area (Å²) in [6.45, 7) is 0. The monoisotopic (exact) mass is 435 g/mol. The third-order valence-electron chi connectivity index (χ3n) is 3.83. The first kappa shape index (κ1) is 21.1. The summed E-state index contributed by atoms with van der Waals surface area (Å²) in [5.74, 6) is 1.09. The number of rotatable bonds is 6. The first-order valence-electron chi connectivity index (χ1n) is 8.40. The van der Waals surface area contributed by atoms with Gasteiger partial charge in [0.05, 0.1) is 16.7 Å². The minimum Gasteiger partial charge on any atom is -0.457 e. The van der Waals surface area contributed by atoms with Crippen LogP contribution in [-0.4, -0.2) is 11.1 Å². The van der Waals surface area contributed by atoms with Crippen molar-refractivity contribution in [2.45, 2.75) is 6.18 Å². The number of nitro benzene ring substituents is 1. The Kier molecular flexibility index (Phi) is 6.22. The lowest BCUT2D eigenvalue weighted by molar-refractivity contribution is -0.384. The third-order valence-corrected chi connectivity index (χ3v) is 4.08. The Morgan fingerprint density at radius 2 is 1.77 bits per heavy atom. The lowest BCUT2D eigenvalue weighted by Crippen LogP contribution is -2.06. The normalized spacial score (nSPS) is 11.5. The maximum Gasteiger partial charge on any atom is 0.416 e. The van der Waals surface area contributed by atoms with E-state index in [4.69, 9.17) is 16.3 Å². The van der Waals surface area contributed by atoms with E-state index in [1.807, 2.05) is 0 Å². The van der Waals surface area contributed by atoms with Gasteiger partial charge in [0.25, 0.3) is 5.69 Å². The molecule has 0 aromatic heterocycles. The Bertz CT molecular complexity index is 1090. The van der Waals surface area contributed by atoms with Crippen LogP contribution >= 0.6 is 11.6 Å². The molecule has 0 heterocycles. The van der Waals surface area contributed by atoms with Crippen molar-refractivity contribution in [3.05, 3.63) is 93.0 Å². The van der Waals surface area contributed by atoms with Crippen LogP contribution in [0.25, 0.3) is 0 Å². The molecule has 6 nitrogen and oxygen atoms in total. The highest BCUT2D eigenvalue weighted by Gasteiger charge is 2.33. The van der Waals surface area contributed by atoms with E-state index in [9.17, 15) is 23.3 Å². The Labute approximate surface area is 173 Å². The smallest absolute Gasteiger partial charge is 0.416 e. The lowest BCUT2D eigenvalue weighted by Gasteiger charge is -2.08. The van der Waals surface area contributed by atoms with Crippen molar-refractivity contribution < 1.29 is 22.8 Å². The number of hydrogen-bond acceptors (Lipinski definition) is 5. The van der Waals surface area contributed by atoms with Crippen molar-refractivity contribution >= 4 is 29.2 Å². The molecule has 0 unspecified atom stereocenters. The van der Waals surface area contributed by atoms with Crippen molar-refractivity contribution in [3.63, 3.8) is 0 Å². The topological polar surface area (TPSA) is 76.8 Å². The molecule has 0 bridgehead atoms. The number of ether oxygens (including phenoxy) is 1. The molecule has 0 aliphatic heterocycles. The SMILES string of the molecule is O=[N+]([O-])c1cc(C(F)(F)F)ccc1N/N=C/c1cccc(Oc2ccc(Cl)cc2)c1. The van der Waals surface area contributed by atoms with Crippen LogP contribution in [0, 0.1) is 10.1 Å². The summed E-state index contributed by atoms with van der Waals surface area (Å²) in [7, 11) is 0. The molecule has 0 atom stereocenters. The van der Waals surface area contributed by atoms with Gasteiger partial charge in [-0.1, -0.05) is 23.7 Å². The molecule has 30 heavy (non-hydrogen) atoms. The molecule has 154 valence electrons. The Hall–Kier alpha value is -3.59. The molecule has 0 fully saturated rings. The van der Waals surface area contributed by atoms with E-state index in [0.717, 1.165) is 12.1 Å². The van der Waals surface area contributed by atoms with E-state index < -0.39 is 22.4 Å². The van der Waals surface area contributed by atoms with Crippen molar-refractivity contribution in [2.24, 2.45) is 5.10 Å². The molecule has 0 saturated carbocycles. The molecule has 0 amide bonds. The van der Waals surface area contributed by atoms with Crippen molar-refractivity contribution in [3.8, 4) is 11.5 Å². The van der Waals surface area contributed by atoms with E-state index in [0.29, 0.717) is 28.2 Å². The Morgan fingerprint density at radius 1 is 1.03 bits per heavy atom. The molecule has 3 rings (SSSR count). The minimum absolute atomic E-state index is 0.169. The van der Waals surface area contributed by atoms with Gasteiger partial charge in [0.1, 0.15) is 17.2 Å². The van der Waals surface area contributed by atoms with Gasteiger partial charge in [-0.15, -0.1) is 0 Å². The van der Waals surface area contributed by atoms with E-state index in [1.54, 1.807) is 48.5 Å². The maximum absolute atomic E-state index is 12.8. The van der Waals surface area contributed by atoms with Crippen LogP contribution in [0.5, 0.6) is 11.5 Å². The van der Waals surface area contributed by atoms with Gasteiger partial charge in [0.15, 0.2) is 0 Å². The van der Waals surface area contributed by atoms with E-state index in [2.05, 4.69) is 10.5 Å². The molecule has 0 saturated heterocycles. The van der Waals surface area contributed by atoms with E-state index in [1.165, 1.54) is 6.21 Å². The molecule has 0 aliphatic rings. The molecular formula is C20H13ClF3N3O3. The van der Waals surface area contributed by atoms with Gasteiger partial charge in [0.2, 0.25) is 0 Å². The summed E-state index contributed by atoms with van der Waals surface area (Å²) >= 11 is 5.83. The zero-order chi connectivity index (χ0) is 21.7. The average molecular weight is 436 g/mol. The van der Waals surface area contributed by atoms with E-state index in [-0.39, 0.29) is 5.69 Å². The number of nitrogens with one attached hydrogen (secondary N) is 1. The quantitative estimate of drug-likeness (QED) is 0.272. The molecular weight excluding hydrogens is 423 g/mol. The summed E-state index contributed by atoms with van der Waals surface area (Å²) in [5, 5.41) is 15.5. The van der Waals surface area contributed by atoms with Gasteiger partial charge in [-0.3, -0.25) is 15.5 Å². The van der Waals surface area contributed by atoms with Gasteiger partial charge in [-0.25, -0.2) is 0 Å². The van der Waals surface area contributed by atoms with E-state index >= 15 is 0 Å². The number of alkyl halides is 3. The fraction of sp³-hybridized carbons (Fsp3) is 0.0500. The van der Waals surface area contributed by atoms with Crippen LogP contribution in [0.3, 0.4) is 0 Å². The molecule has 3 aromatic rings. The summed E-state index contributed by atoms with van der Waals surface area (Å²) < 4.78 is 44.0. The zero-order valence-electron chi connectivity index (χ0n) is 15.1. The first-order chi connectivity index (χ1) is 14.2. The maximum atomic E-state index is 12.8. The summed E-state index contributed by atoms with van der Waals surface area (Å²) in [6, 6.07) is 15.7. The number of nitro groups is 1. The van der Waals surface area contributed by atoms with Gasteiger partial charge >= 0.3 is 6.18 Å². The number of anilines is 1. The van der Waals surface area contributed by atoms with Gasteiger partial charge in [-0.05, 0) is 54.1 Å². The zero-order valence-corrected chi connectivity index (χ0v) is 15.8. The van der Waals surface area contributed by atoms with Crippen LogP contribution in [0.15, 0.2) is 71.8 Å². The van der Waals surface area contributed by atoms with Gasteiger partial charge < -0.3 is 4.74 Å². The number of hydrogen-bond donors (Lipinski definition) is 1. The molecule has 0 aliphatic carbocycles. The second kappa shape index (κ2) is 8.83. The number of hydrazone groups is 1. The van der Waals surface area contributed by atoms with Crippen LogP contribution in [0.1, 0.15) is 11.1 Å². The summed E-state index contributed by atoms with van der Waals surface area (Å²) in [5.41, 5.74) is 0.984. The second-order valence-corrected chi connectivity index (χ2v) is 6.42. The minimum atomic E-state index is -4.68. The number of halogens is 4. The van der Waals surface area contributed by atoms with Gasteiger partial charge in [-0.2, -0.15) is 18.3 Å². The van der Waals surface area contributed by atoms with Crippen LogP contribution in [-0.2, 0) is 6.18 Å². The largest absolute Gasteiger partial charge is 0.457 e. The Balaban J connectivity index is 1.74. The summed E-state index contributed by atoms with van der Waals surface area (Å²) in [6.07, 6.45) is -3.33. The van der Waals surface area contributed by atoms with Crippen LogP contribution in [0.4, 0.5) is 24.5 Å². The molecule has 3 aromatic carbocycles.